The molecule has 0 bridgehead atoms. The van der Waals surface area contributed by atoms with E-state index in [2.05, 4.69) is 11.4 Å². The number of para-hydroxylation sites is 1. The molecule has 9 heteroatoms. The second kappa shape index (κ2) is 11.3. The van der Waals surface area contributed by atoms with Gasteiger partial charge in [-0.2, -0.15) is 0 Å². The third-order valence-corrected chi connectivity index (χ3v) is 8.20. The largest absolute Gasteiger partial charge is 0.374 e. The van der Waals surface area contributed by atoms with Crippen molar-refractivity contribution >= 4 is 28.8 Å². The molecule has 37 heavy (non-hydrogen) atoms. The van der Waals surface area contributed by atoms with Crippen LogP contribution in [0, 0.1) is 5.41 Å². The lowest BCUT2D eigenvalue weighted by atomic mass is 9.74. The van der Waals surface area contributed by atoms with E-state index in [0.29, 0.717) is 26.2 Å². The van der Waals surface area contributed by atoms with Gasteiger partial charge in [0.25, 0.3) is 11.3 Å². The summed E-state index contributed by atoms with van der Waals surface area (Å²) in [7, 11) is 1.44. The first-order chi connectivity index (χ1) is 17.6. The summed E-state index contributed by atoms with van der Waals surface area (Å²) in [5.41, 5.74) is 2.25. The Bertz CT molecular complexity index is 1130. The number of nitrogens with one attached hydrogen (secondary N) is 1. The van der Waals surface area contributed by atoms with Gasteiger partial charge in [-0.25, -0.2) is 4.21 Å². The summed E-state index contributed by atoms with van der Waals surface area (Å²) in [6.45, 7) is 7.61. The fourth-order valence-electron chi connectivity index (χ4n) is 5.03. The number of piperidine rings is 1. The molecule has 1 saturated heterocycles. The Morgan fingerprint density at radius 1 is 1.05 bits per heavy atom. The molecule has 2 heterocycles. The number of amides is 2. The molecule has 2 aromatic carbocycles. The van der Waals surface area contributed by atoms with Gasteiger partial charge < -0.3 is 15.0 Å². The SMILES string of the molecule is COS(=O)N1CC2(CCN(C(=O)C(COCc3ccccc3)NC(=O)C(C)(C)C)CC2)c2ccccc21. The number of benzene rings is 2. The summed E-state index contributed by atoms with van der Waals surface area (Å²) >= 11 is -1.56. The van der Waals surface area contributed by atoms with Crippen molar-refractivity contribution in [3.63, 3.8) is 0 Å². The molecule has 8 nitrogen and oxygen atoms in total. The number of anilines is 1. The lowest BCUT2D eigenvalue weighted by Gasteiger charge is -2.41. The predicted molar refractivity (Wildman–Crippen MR) is 144 cm³/mol. The third kappa shape index (κ3) is 6.05. The molecule has 2 atom stereocenters. The summed E-state index contributed by atoms with van der Waals surface area (Å²) in [5.74, 6) is -0.325. The monoisotopic (exact) mass is 527 g/mol. The summed E-state index contributed by atoms with van der Waals surface area (Å²) in [4.78, 5) is 28.2. The van der Waals surface area contributed by atoms with E-state index in [9.17, 15) is 13.8 Å². The van der Waals surface area contributed by atoms with Gasteiger partial charge in [-0.3, -0.25) is 18.1 Å². The van der Waals surface area contributed by atoms with Crippen LogP contribution in [0.2, 0.25) is 0 Å². The number of carbonyl (C=O) groups excluding carboxylic acids is 2. The number of nitrogens with zero attached hydrogens (tertiary/aromatic N) is 2. The van der Waals surface area contributed by atoms with Crippen molar-refractivity contribution in [2.24, 2.45) is 5.41 Å². The molecule has 2 aliphatic rings. The van der Waals surface area contributed by atoms with Gasteiger partial charge in [-0.05, 0) is 30.0 Å². The molecule has 2 aromatic rings. The molecule has 2 aliphatic heterocycles. The second-order valence-electron chi connectivity index (χ2n) is 10.8. The molecule has 2 amide bonds. The van der Waals surface area contributed by atoms with E-state index in [4.69, 9.17) is 8.92 Å². The molecule has 1 spiro atoms. The lowest BCUT2D eigenvalue weighted by Crippen LogP contribution is -2.56. The molecule has 200 valence electrons. The van der Waals surface area contributed by atoms with E-state index in [-0.39, 0.29) is 23.8 Å². The van der Waals surface area contributed by atoms with Crippen LogP contribution in [0.3, 0.4) is 0 Å². The van der Waals surface area contributed by atoms with E-state index < -0.39 is 22.7 Å². The first kappa shape index (κ1) is 27.3. The van der Waals surface area contributed by atoms with Crippen molar-refractivity contribution in [3.8, 4) is 0 Å². The highest BCUT2D eigenvalue weighted by Crippen LogP contribution is 2.47. The van der Waals surface area contributed by atoms with E-state index in [1.807, 2.05) is 74.2 Å². The Balaban J connectivity index is 1.45. The summed E-state index contributed by atoms with van der Waals surface area (Å²) in [6.07, 6.45) is 1.47. The third-order valence-electron chi connectivity index (χ3n) is 7.23. The summed E-state index contributed by atoms with van der Waals surface area (Å²) in [5, 5.41) is 2.93. The standard InChI is InChI=1S/C28H37N3O5S/c1-27(2,3)26(33)29-23(19-36-18-21-10-6-5-7-11-21)25(32)30-16-14-28(15-17-30)20-31(37(34)35-4)24-13-9-8-12-22(24)28/h5-13,23H,14-20H2,1-4H3,(H,29,33). The Kier molecular flexibility index (Phi) is 8.36. The second-order valence-corrected chi connectivity index (χ2v) is 12.0. The Morgan fingerprint density at radius 2 is 1.70 bits per heavy atom. The fraction of sp³-hybridized carbons (Fsp3) is 0.500. The molecule has 2 unspecified atom stereocenters. The molecule has 0 aromatic heterocycles. The first-order valence-corrected chi connectivity index (χ1v) is 13.7. The van der Waals surface area contributed by atoms with Crippen LogP contribution < -0.4 is 9.62 Å². The van der Waals surface area contributed by atoms with Gasteiger partial charge in [0.1, 0.15) is 6.04 Å². The van der Waals surface area contributed by atoms with Crippen LogP contribution in [0.4, 0.5) is 5.69 Å². The minimum atomic E-state index is -1.56. The molecular formula is C28H37N3O5S. The highest BCUT2D eigenvalue weighted by Gasteiger charge is 2.47. The Morgan fingerprint density at radius 3 is 2.35 bits per heavy atom. The van der Waals surface area contributed by atoms with Crippen molar-refractivity contribution in [1.82, 2.24) is 10.2 Å². The molecule has 1 N–H and O–H groups in total. The molecule has 0 aliphatic carbocycles. The maximum absolute atomic E-state index is 13.6. The van der Waals surface area contributed by atoms with Gasteiger partial charge >= 0.3 is 0 Å². The van der Waals surface area contributed by atoms with Crippen LogP contribution in [-0.4, -0.2) is 60.3 Å². The van der Waals surface area contributed by atoms with Crippen molar-refractivity contribution in [2.45, 2.75) is 51.7 Å². The number of hydrogen-bond donors (Lipinski definition) is 1. The van der Waals surface area contributed by atoms with Gasteiger partial charge in [0.2, 0.25) is 11.8 Å². The van der Waals surface area contributed by atoms with Gasteiger partial charge in [0.05, 0.1) is 26.0 Å². The molecule has 0 radical (unpaired) electrons. The van der Waals surface area contributed by atoms with Crippen LogP contribution in [-0.2, 0) is 41.8 Å². The van der Waals surface area contributed by atoms with Crippen molar-refractivity contribution in [3.05, 3.63) is 65.7 Å². The Hall–Kier alpha value is -2.75. The smallest absolute Gasteiger partial charge is 0.264 e. The number of fused-ring (bicyclic) bond motifs is 2. The van der Waals surface area contributed by atoms with Crippen LogP contribution >= 0.6 is 0 Å². The zero-order chi connectivity index (χ0) is 26.6. The minimum Gasteiger partial charge on any atom is -0.374 e. The topological polar surface area (TPSA) is 88.2 Å². The van der Waals surface area contributed by atoms with Crippen LogP contribution in [0.15, 0.2) is 54.6 Å². The van der Waals surface area contributed by atoms with Crippen molar-refractivity contribution in [2.75, 3.05) is 37.7 Å². The van der Waals surface area contributed by atoms with E-state index >= 15 is 0 Å². The molecule has 4 rings (SSSR count). The van der Waals surface area contributed by atoms with Gasteiger partial charge in [-0.15, -0.1) is 0 Å². The molecule has 0 saturated carbocycles. The molecular weight excluding hydrogens is 490 g/mol. The normalized spacial score (nSPS) is 18.4. The van der Waals surface area contributed by atoms with Crippen molar-refractivity contribution in [1.29, 1.82) is 0 Å². The maximum Gasteiger partial charge on any atom is 0.264 e. The van der Waals surface area contributed by atoms with Gasteiger partial charge in [-0.1, -0.05) is 69.3 Å². The van der Waals surface area contributed by atoms with Crippen LogP contribution in [0.5, 0.6) is 0 Å². The Labute approximate surface area is 222 Å². The quantitative estimate of drug-likeness (QED) is 0.569. The minimum absolute atomic E-state index is 0.0978. The van der Waals surface area contributed by atoms with Crippen LogP contribution in [0.25, 0.3) is 0 Å². The first-order valence-electron chi connectivity index (χ1n) is 12.7. The van der Waals surface area contributed by atoms with Gasteiger partial charge in [0, 0.05) is 30.5 Å². The van der Waals surface area contributed by atoms with Crippen LogP contribution in [0.1, 0.15) is 44.7 Å². The number of likely N-dealkylation sites (tertiary alicyclic amines) is 1. The fourth-order valence-corrected chi connectivity index (χ4v) is 5.88. The maximum atomic E-state index is 13.6. The molecule has 1 fully saturated rings. The number of rotatable bonds is 8. The summed E-state index contributed by atoms with van der Waals surface area (Å²) < 4.78 is 25.4. The highest BCUT2D eigenvalue weighted by molar-refractivity contribution is 7.81. The average Bonchev–Trinajstić information content (AvgIpc) is 3.21. The number of carbonyl (C=O) groups is 2. The van der Waals surface area contributed by atoms with E-state index in [1.165, 1.54) is 7.11 Å². The van der Waals surface area contributed by atoms with E-state index in [0.717, 1.165) is 29.7 Å². The highest BCUT2D eigenvalue weighted by atomic mass is 32.2. The number of hydrogen-bond acceptors (Lipinski definition) is 5. The van der Waals surface area contributed by atoms with E-state index in [1.54, 1.807) is 4.31 Å². The zero-order valence-corrected chi connectivity index (χ0v) is 22.9. The van der Waals surface area contributed by atoms with Crippen molar-refractivity contribution < 1.29 is 22.7 Å². The summed E-state index contributed by atoms with van der Waals surface area (Å²) in [6, 6.07) is 17.0. The average molecular weight is 528 g/mol. The predicted octanol–water partition coefficient (Wildman–Crippen LogP) is 3.34. The number of ether oxygens (including phenoxy) is 1. The zero-order valence-electron chi connectivity index (χ0n) is 22.1. The van der Waals surface area contributed by atoms with Gasteiger partial charge in [0.15, 0.2) is 0 Å². The lowest BCUT2D eigenvalue weighted by molar-refractivity contribution is -0.141.